The Labute approximate surface area is 141 Å². The monoisotopic (exact) mass is 348 g/mol. The van der Waals surface area contributed by atoms with Gasteiger partial charge in [-0.25, -0.2) is 4.98 Å². The van der Waals surface area contributed by atoms with Gasteiger partial charge in [-0.1, -0.05) is 12.1 Å². The Morgan fingerprint density at radius 3 is 2.64 bits per heavy atom. The molecular weight excluding hydrogens is 333 g/mol. The summed E-state index contributed by atoms with van der Waals surface area (Å²) in [7, 11) is 0. The average Bonchev–Trinajstić information content (AvgIpc) is 2.98. The first kappa shape index (κ1) is 17.0. The van der Waals surface area contributed by atoms with Gasteiger partial charge in [-0.15, -0.1) is 0 Å². The molecule has 0 aliphatic heterocycles. The van der Waals surface area contributed by atoms with E-state index < -0.39 is 12.1 Å². The lowest BCUT2D eigenvalue weighted by atomic mass is 10.2. The van der Waals surface area contributed by atoms with E-state index in [4.69, 9.17) is 4.42 Å². The minimum atomic E-state index is -4.93. The number of aromatic nitrogens is 1. The molecule has 3 rings (SSSR count). The molecule has 7 heteroatoms. The molecule has 0 aliphatic rings. The maximum Gasteiger partial charge on any atom is 0.471 e. The van der Waals surface area contributed by atoms with Crippen molar-refractivity contribution in [2.75, 3.05) is 11.4 Å². The predicted octanol–water partition coefficient (Wildman–Crippen LogP) is 4.72. The fourth-order valence-electron chi connectivity index (χ4n) is 2.56. The van der Waals surface area contributed by atoms with E-state index in [9.17, 15) is 18.0 Å². The number of nitrogens with zero attached hydrogens (tertiary/aromatic N) is 2. The van der Waals surface area contributed by atoms with Crippen LogP contribution in [-0.2, 0) is 4.79 Å². The van der Waals surface area contributed by atoms with Crippen LogP contribution in [0, 0.1) is 6.92 Å². The summed E-state index contributed by atoms with van der Waals surface area (Å²) in [6.45, 7) is 3.31. The molecule has 1 amide bonds. The molecule has 0 spiro atoms. The van der Waals surface area contributed by atoms with Gasteiger partial charge >= 0.3 is 12.1 Å². The second-order valence-corrected chi connectivity index (χ2v) is 5.59. The van der Waals surface area contributed by atoms with Crippen LogP contribution in [-0.4, -0.2) is 23.6 Å². The normalized spacial score (nSPS) is 11.7. The van der Waals surface area contributed by atoms with Crippen LogP contribution in [0.25, 0.3) is 22.6 Å². The van der Waals surface area contributed by atoms with Gasteiger partial charge in [-0.2, -0.15) is 13.2 Å². The Hall–Kier alpha value is -2.83. The van der Waals surface area contributed by atoms with Crippen molar-refractivity contribution >= 4 is 22.7 Å². The number of fused-ring (bicyclic) bond motifs is 1. The van der Waals surface area contributed by atoms with Crippen LogP contribution < -0.4 is 4.90 Å². The standard InChI is InChI=1S/C18H15F3N2O2/c1-3-23(17(24)18(19,20)21)13-6-4-5-12(10-13)16-22-14-9-11(2)7-8-15(14)25-16/h4-10H,3H2,1-2H3. The lowest BCUT2D eigenvalue weighted by Crippen LogP contribution is -2.41. The number of carbonyl (C=O) groups is 1. The smallest absolute Gasteiger partial charge is 0.436 e. The van der Waals surface area contributed by atoms with Crippen molar-refractivity contribution in [2.24, 2.45) is 0 Å². The first-order chi connectivity index (χ1) is 11.8. The van der Waals surface area contributed by atoms with E-state index in [2.05, 4.69) is 4.98 Å². The molecule has 2 aromatic carbocycles. The van der Waals surface area contributed by atoms with E-state index in [1.807, 2.05) is 19.1 Å². The molecule has 0 bridgehead atoms. The topological polar surface area (TPSA) is 46.3 Å². The molecule has 4 nitrogen and oxygen atoms in total. The van der Waals surface area contributed by atoms with E-state index in [-0.39, 0.29) is 18.1 Å². The highest BCUT2D eigenvalue weighted by atomic mass is 19.4. The molecule has 0 N–H and O–H groups in total. The molecule has 0 atom stereocenters. The Morgan fingerprint density at radius 2 is 1.96 bits per heavy atom. The number of oxazole rings is 1. The molecule has 1 aromatic heterocycles. The van der Waals surface area contributed by atoms with Gasteiger partial charge in [-0.3, -0.25) is 4.79 Å². The first-order valence-corrected chi connectivity index (χ1v) is 7.66. The summed E-state index contributed by atoms with van der Waals surface area (Å²) in [5, 5.41) is 0. The zero-order chi connectivity index (χ0) is 18.2. The lowest BCUT2D eigenvalue weighted by molar-refractivity contribution is -0.170. The lowest BCUT2D eigenvalue weighted by Gasteiger charge is -2.22. The van der Waals surface area contributed by atoms with Crippen LogP contribution in [0.3, 0.4) is 0 Å². The van der Waals surface area contributed by atoms with E-state index in [0.29, 0.717) is 21.6 Å². The summed E-state index contributed by atoms with van der Waals surface area (Å²) in [4.78, 5) is 16.6. The minimum Gasteiger partial charge on any atom is -0.436 e. The van der Waals surface area contributed by atoms with E-state index >= 15 is 0 Å². The van der Waals surface area contributed by atoms with Gasteiger partial charge in [0.1, 0.15) is 5.52 Å². The fourth-order valence-corrected chi connectivity index (χ4v) is 2.56. The number of amides is 1. The van der Waals surface area contributed by atoms with Crippen molar-refractivity contribution in [3.63, 3.8) is 0 Å². The van der Waals surface area contributed by atoms with E-state index in [0.717, 1.165) is 5.56 Å². The summed E-state index contributed by atoms with van der Waals surface area (Å²) in [6, 6.07) is 11.7. The molecule has 0 aliphatic carbocycles. The summed E-state index contributed by atoms with van der Waals surface area (Å²) in [5.74, 6) is -1.61. The van der Waals surface area contributed by atoms with Crippen molar-refractivity contribution in [2.45, 2.75) is 20.0 Å². The van der Waals surface area contributed by atoms with Crippen LogP contribution >= 0.6 is 0 Å². The molecular formula is C18H15F3N2O2. The second kappa shape index (κ2) is 6.23. The third-order valence-corrected chi connectivity index (χ3v) is 3.75. The number of benzene rings is 2. The van der Waals surface area contributed by atoms with Crippen LogP contribution in [0.1, 0.15) is 12.5 Å². The van der Waals surface area contributed by atoms with Crippen LogP contribution in [0.2, 0.25) is 0 Å². The number of hydrogen-bond acceptors (Lipinski definition) is 3. The zero-order valence-electron chi connectivity index (χ0n) is 13.6. The minimum absolute atomic E-state index is 0.103. The van der Waals surface area contributed by atoms with Crippen molar-refractivity contribution in [1.82, 2.24) is 4.98 Å². The van der Waals surface area contributed by atoms with Crippen molar-refractivity contribution in [1.29, 1.82) is 0 Å². The number of halogens is 3. The van der Waals surface area contributed by atoms with Gasteiger partial charge in [0.05, 0.1) is 0 Å². The fraction of sp³-hybridized carbons (Fsp3) is 0.222. The molecule has 0 fully saturated rings. The van der Waals surface area contributed by atoms with Gasteiger partial charge in [0, 0.05) is 17.8 Å². The second-order valence-electron chi connectivity index (χ2n) is 5.59. The molecule has 0 saturated carbocycles. The molecule has 130 valence electrons. The average molecular weight is 348 g/mol. The number of rotatable bonds is 3. The quantitative estimate of drug-likeness (QED) is 0.688. The summed E-state index contributed by atoms with van der Waals surface area (Å²) >= 11 is 0. The summed E-state index contributed by atoms with van der Waals surface area (Å²) in [5.41, 5.74) is 2.92. The summed E-state index contributed by atoms with van der Waals surface area (Å²) in [6.07, 6.45) is -4.93. The largest absolute Gasteiger partial charge is 0.471 e. The molecule has 3 aromatic rings. The summed E-state index contributed by atoms with van der Waals surface area (Å²) < 4.78 is 43.9. The Bertz CT molecular complexity index is 931. The highest BCUT2D eigenvalue weighted by molar-refractivity contribution is 5.97. The Morgan fingerprint density at radius 1 is 1.20 bits per heavy atom. The molecule has 0 saturated heterocycles. The van der Waals surface area contributed by atoms with E-state index in [1.165, 1.54) is 19.1 Å². The maximum absolute atomic E-state index is 12.8. The predicted molar refractivity (Wildman–Crippen MR) is 88.3 cm³/mol. The number of hydrogen-bond donors (Lipinski definition) is 0. The third-order valence-electron chi connectivity index (χ3n) is 3.75. The first-order valence-electron chi connectivity index (χ1n) is 7.66. The van der Waals surface area contributed by atoms with Crippen molar-refractivity contribution in [3.05, 3.63) is 48.0 Å². The molecule has 1 heterocycles. The molecule has 0 radical (unpaired) electrons. The third kappa shape index (κ3) is 3.35. The van der Waals surface area contributed by atoms with Crippen molar-refractivity contribution < 1.29 is 22.4 Å². The van der Waals surface area contributed by atoms with Gasteiger partial charge in [-0.05, 0) is 49.7 Å². The SMILES string of the molecule is CCN(C(=O)C(F)(F)F)c1cccc(-c2nc3cc(C)ccc3o2)c1. The number of alkyl halides is 3. The molecule has 0 unspecified atom stereocenters. The number of anilines is 1. The van der Waals surface area contributed by atoms with Crippen LogP contribution in [0.5, 0.6) is 0 Å². The van der Waals surface area contributed by atoms with Crippen molar-refractivity contribution in [3.8, 4) is 11.5 Å². The van der Waals surface area contributed by atoms with Gasteiger partial charge in [0.15, 0.2) is 5.58 Å². The Balaban J connectivity index is 2.01. The van der Waals surface area contributed by atoms with Gasteiger partial charge in [0.2, 0.25) is 5.89 Å². The number of aryl methyl sites for hydroxylation is 1. The Kier molecular flexibility index (Phi) is 4.24. The number of carbonyl (C=O) groups excluding carboxylic acids is 1. The van der Waals surface area contributed by atoms with E-state index in [1.54, 1.807) is 18.2 Å². The van der Waals surface area contributed by atoms with Crippen LogP contribution in [0.4, 0.5) is 18.9 Å². The van der Waals surface area contributed by atoms with Gasteiger partial charge in [0.25, 0.3) is 0 Å². The highest BCUT2D eigenvalue weighted by Crippen LogP contribution is 2.29. The molecule has 25 heavy (non-hydrogen) atoms. The zero-order valence-corrected chi connectivity index (χ0v) is 13.6. The van der Waals surface area contributed by atoms with Crippen LogP contribution in [0.15, 0.2) is 46.9 Å². The maximum atomic E-state index is 12.8. The highest BCUT2D eigenvalue weighted by Gasteiger charge is 2.42. The van der Waals surface area contributed by atoms with Gasteiger partial charge < -0.3 is 9.32 Å².